The molecular weight excluding hydrogens is 264 g/mol. The highest BCUT2D eigenvalue weighted by atomic mass is 16.4. The van der Waals surface area contributed by atoms with Gasteiger partial charge in [-0.2, -0.15) is 0 Å². The highest BCUT2D eigenvalue weighted by Gasteiger charge is 2.34. The molecule has 0 saturated carbocycles. The summed E-state index contributed by atoms with van der Waals surface area (Å²) in [4.78, 5) is 0. The van der Waals surface area contributed by atoms with Crippen molar-refractivity contribution in [2.24, 2.45) is 0 Å². The van der Waals surface area contributed by atoms with Gasteiger partial charge in [-0.1, -0.05) is 36.9 Å². The van der Waals surface area contributed by atoms with Gasteiger partial charge in [-0.05, 0) is 11.1 Å². The zero-order chi connectivity index (χ0) is 15.3. The second-order valence-electron chi connectivity index (χ2n) is 4.54. The van der Waals surface area contributed by atoms with Crippen LogP contribution in [0.25, 0.3) is 6.08 Å². The van der Waals surface area contributed by atoms with Crippen LogP contribution in [0.1, 0.15) is 17.2 Å². The molecule has 6 N–H and O–H groups in total. The Hall–Kier alpha value is -1.28. The molecule has 0 aliphatic rings. The number of aliphatic hydroxyl groups excluding tert-OH is 6. The zero-order valence-corrected chi connectivity index (χ0v) is 10.9. The summed E-state index contributed by atoms with van der Waals surface area (Å²) < 4.78 is 0. The molecule has 112 valence electrons. The van der Waals surface area contributed by atoms with Crippen molar-refractivity contribution >= 4 is 6.08 Å². The number of hydrogen-bond acceptors (Lipinski definition) is 6. The Labute approximate surface area is 116 Å². The Bertz CT molecular complexity index is 418. The molecule has 0 radical (unpaired) electrons. The minimum atomic E-state index is -1.80. The highest BCUT2D eigenvalue weighted by molar-refractivity contribution is 5.47. The van der Waals surface area contributed by atoms with Crippen molar-refractivity contribution in [1.82, 2.24) is 0 Å². The molecule has 0 heterocycles. The molecule has 20 heavy (non-hydrogen) atoms. The predicted molar refractivity (Wildman–Crippen MR) is 72.6 cm³/mol. The molecule has 0 aliphatic carbocycles. The first-order valence-corrected chi connectivity index (χ1v) is 6.16. The summed E-state index contributed by atoms with van der Waals surface area (Å²) in [6.45, 7) is 2.82. The fourth-order valence-electron chi connectivity index (χ4n) is 1.75. The molecule has 1 aromatic carbocycles. The van der Waals surface area contributed by atoms with Crippen LogP contribution in [0.4, 0.5) is 0 Å². The van der Waals surface area contributed by atoms with Crippen molar-refractivity contribution in [2.75, 3.05) is 6.61 Å². The molecule has 0 bridgehead atoms. The fraction of sp³-hybridized carbons (Fsp3) is 0.429. The van der Waals surface area contributed by atoms with Gasteiger partial charge in [-0.25, -0.2) is 0 Å². The standard InChI is InChI=1S/C14H20O6/c1-2-8-3-5-9(6-4-8)11(17)13(19)14(20)12(18)10(16)7-15/h2-6,10-20H,1,7H2/t10-,11?,12-,13-,14+/m1/s1. The quantitative estimate of drug-likeness (QED) is 0.374. The van der Waals surface area contributed by atoms with Gasteiger partial charge in [0.15, 0.2) is 0 Å². The lowest BCUT2D eigenvalue weighted by Crippen LogP contribution is -2.47. The van der Waals surface area contributed by atoms with Crippen LogP contribution in [0.15, 0.2) is 30.8 Å². The van der Waals surface area contributed by atoms with E-state index in [2.05, 4.69) is 6.58 Å². The number of aliphatic hydroxyl groups is 6. The number of rotatable bonds is 7. The van der Waals surface area contributed by atoms with Crippen LogP contribution in [0.2, 0.25) is 0 Å². The molecule has 0 aliphatic heterocycles. The largest absolute Gasteiger partial charge is 0.394 e. The third-order valence-corrected chi connectivity index (χ3v) is 3.12. The van der Waals surface area contributed by atoms with Gasteiger partial charge in [0.2, 0.25) is 0 Å². The normalized spacial score (nSPS) is 18.9. The summed E-state index contributed by atoms with van der Waals surface area (Å²) in [5, 5.41) is 56.8. The van der Waals surface area contributed by atoms with Crippen molar-refractivity contribution in [2.45, 2.75) is 30.5 Å². The van der Waals surface area contributed by atoms with Crippen molar-refractivity contribution in [3.8, 4) is 0 Å². The van der Waals surface area contributed by atoms with Crippen molar-refractivity contribution < 1.29 is 30.6 Å². The van der Waals surface area contributed by atoms with E-state index in [1.54, 1.807) is 30.3 Å². The molecule has 1 rings (SSSR count). The Morgan fingerprint density at radius 3 is 1.90 bits per heavy atom. The number of hydrogen-bond donors (Lipinski definition) is 6. The topological polar surface area (TPSA) is 121 Å². The van der Waals surface area contributed by atoms with E-state index in [0.717, 1.165) is 5.56 Å². The summed E-state index contributed by atoms with van der Waals surface area (Å²) in [6, 6.07) is 6.44. The maximum atomic E-state index is 9.94. The maximum absolute atomic E-state index is 9.94. The Balaban J connectivity index is 2.78. The summed E-state index contributed by atoms with van der Waals surface area (Å²) in [7, 11) is 0. The number of benzene rings is 1. The average molecular weight is 284 g/mol. The molecule has 6 nitrogen and oxygen atoms in total. The molecule has 0 saturated heterocycles. The van der Waals surface area contributed by atoms with E-state index in [1.807, 2.05) is 0 Å². The Kier molecular flexibility index (Phi) is 6.28. The van der Waals surface area contributed by atoms with Crippen molar-refractivity contribution in [1.29, 1.82) is 0 Å². The van der Waals surface area contributed by atoms with Crippen LogP contribution in [0.3, 0.4) is 0 Å². The first-order chi connectivity index (χ1) is 9.42. The minimum absolute atomic E-state index is 0.341. The van der Waals surface area contributed by atoms with E-state index in [1.165, 1.54) is 0 Å². The van der Waals surface area contributed by atoms with Gasteiger partial charge in [0, 0.05) is 0 Å². The van der Waals surface area contributed by atoms with Gasteiger partial charge in [0.25, 0.3) is 0 Å². The lowest BCUT2D eigenvalue weighted by atomic mass is 9.95. The summed E-state index contributed by atoms with van der Waals surface area (Å²) in [5.74, 6) is 0. The summed E-state index contributed by atoms with van der Waals surface area (Å²) >= 11 is 0. The van der Waals surface area contributed by atoms with Crippen LogP contribution >= 0.6 is 0 Å². The lowest BCUT2D eigenvalue weighted by molar-refractivity contribution is -0.141. The van der Waals surface area contributed by atoms with Crippen molar-refractivity contribution in [3.05, 3.63) is 42.0 Å². The molecule has 0 fully saturated rings. The molecule has 0 spiro atoms. The third-order valence-electron chi connectivity index (χ3n) is 3.12. The molecule has 1 unspecified atom stereocenters. The van der Waals surface area contributed by atoms with Gasteiger partial charge >= 0.3 is 0 Å². The van der Waals surface area contributed by atoms with E-state index >= 15 is 0 Å². The fourth-order valence-corrected chi connectivity index (χ4v) is 1.75. The molecule has 6 heteroatoms. The lowest BCUT2D eigenvalue weighted by Gasteiger charge is -2.28. The highest BCUT2D eigenvalue weighted by Crippen LogP contribution is 2.22. The predicted octanol–water partition coefficient (Wildman–Crippen LogP) is -1.20. The smallest absolute Gasteiger partial charge is 0.113 e. The van der Waals surface area contributed by atoms with Gasteiger partial charge in [-0.15, -0.1) is 0 Å². The Morgan fingerprint density at radius 2 is 1.45 bits per heavy atom. The molecule has 1 aromatic rings. The van der Waals surface area contributed by atoms with Crippen molar-refractivity contribution in [3.63, 3.8) is 0 Å². The van der Waals surface area contributed by atoms with Gasteiger partial charge < -0.3 is 30.6 Å². The van der Waals surface area contributed by atoms with Gasteiger partial charge in [0.05, 0.1) is 6.61 Å². The summed E-state index contributed by atoms with van der Waals surface area (Å²) in [6.07, 6.45) is -6.70. The van der Waals surface area contributed by atoms with Crippen LogP contribution in [0, 0.1) is 0 Å². The third kappa shape index (κ3) is 3.86. The monoisotopic (exact) mass is 284 g/mol. The summed E-state index contributed by atoms with van der Waals surface area (Å²) in [5.41, 5.74) is 1.17. The van der Waals surface area contributed by atoms with E-state index in [9.17, 15) is 25.5 Å². The van der Waals surface area contributed by atoms with E-state index in [4.69, 9.17) is 5.11 Å². The second kappa shape index (κ2) is 7.49. The van der Waals surface area contributed by atoms with E-state index in [-0.39, 0.29) is 0 Å². The van der Waals surface area contributed by atoms with E-state index in [0.29, 0.717) is 5.56 Å². The van der Waals surface area contributed by atoms with Crippen LogP contribution < -0.4 is 0 Å². The second-order valence-corrected chi connectivity index (χ2v) is 4.54. The first kappa shape index (κ1) is 16.8. The maximum Gasteiger partial charge on any atom is 0.113 e. The molecule has 0 aromatic heterocycles. The van der Waals surface area contributed by atoms with Crippen LogP contribution in [0.5, 0.6) is 0 Å². The molecule has 0 amide bonds. The first-order valence-electron chi connectivity index (χ1n) is 6.16. The molecular formula is C14H20O6. The zero-order valence-electron chi connectivity index (χ0n) is 10.9. The average Bonchev–Trinajstić information content (AvgIpc) is 2.51. The van der Waals surface area contributed by atoms with Crippen LogP contribution in [-0.4, -0.2) is 61.7 Å². The van der Waals surface area contributed by atoms with Gasteiger partial charge in [0.1, 0.15) is 30.5 Å². The van der Waals surface area contributed by atoms with Crippen LogP contribution in [-0.2, 0) is 0 Å². The van der Waals surface area contributed by atoms with Gasteiger partial charge in [-0.3, -0.25) is 0 Å². The Morgan fingerprint density at radius 1 is 0.900 bits per heavy atom. The molecule has 5 atom stereocenters. The minimum Gasteiger partial charge on any atom is -0.394 e. The van der Waals surface area contributed by atoms with E-state index < -0.39 is 37.1 Å². The SMILES string of the molecule is C=Cc1ccc(C(O)[C@@H](O)[C@@H](O)[C@H](O)[C@H](O)CO)cc1.